The molecule has 6 heteroatoms. The van der Waals surface area contributed by atoms with Gasteiger partial charge in [0.15, 0.2) is 5.16 Å². The van der Waals surface area contributed by atoms with Gasteiger partial charge in [0, 0.05) is 12.3 Å². The molecule has 1 heterocycles. The number of carbonyl (C=O) groups is 1. The van der Waals surface area contributed by atoms with Crippen LogP contribution >= 0.6 is 11.8 Å². The molecule has 0 aliphatic heterocycles. The lowest BCUT2D eigenvalue weighted by Gasteiger charge is -2.07. The topological polar surface area (TPSA) is 57.0 Å². The Morgan fingerprint density at radius 3 is 3.00 bits per heavy atom. The Morgan fingerprint density at radius 1 is 1.79 bits per heavy atom. The average Bonchev–Trinajstić information content (AvgIpc) is 2.51. The molecule has 1 aromatic rings. The summed E-state index contributed by atoms with van der Waals surface area (Å²) in [4.78, 5) is 11.0. The van der Waals surface area contributed by atoms with Crippen LogP contribution in [0.2, 0.25) is 0 Å². The van der Waals surface area contributed by atoms with Crippen molar-refractivity contribution >= 4 is 17.7 Å². The average molecular weight is 215 g/mol. The van der Waals surface area contributed by atoms with Crippen LogP contribution in [0.3, 0.4) is 0 Å². The maximum atomic E-state index is 11.0. The fraction of sp³-hybridized carbons (Fsp3) is 0.625. The van der Waals surface area contributed by atoms with Crippen LogP contribution in [0.15, 0.2) is 11.5 Å². The van der Waals surface area contributed by atoms with Crippen LogP contribution in [-0.2, 0) is 16.6 Å². The first-order chi connectivity index (χ1) is 6.63. The predicted octanol–water partition coefficient (Wildman–Crippen LogP) is 0.859. The van der Waals surface area contributed by atoms with E-state index in [-0.39, 0.29) is 11.2 Å². The highest BCUT2D eigenvalue weighted by atomic mass is 32.2. The highest BCUT2D eigenvalue weighted by molar-refractivity contribution is 7.99. The number of esters is 1. The zero-order valence-electron chi connectivity index (χ0n) is 8.43. The van der Waals surface area contributed by atoms with Crippen molar-refractivity contribution in [2.45, 2.75) is 23.8 Å². The van der Waals surface area contributed by atoms with E-state index in [9.17, 15) is 4.79 Å². The second-order valence-electron chi connectivity index (χ2n) is 2.93. The molecule has 78 valence electrons. The van der Waals surface area contributed by atoms with Gasteiger partial charge >= 0.3 is 5.97 Å². The summed E-state index contributed by atoms with van der Waals surface area (Å²) in [5, 5.41) is 8.61. The summed E-state index contributed by atoms with van der Waals surface area (Å²) in [6.07, 6.45) is 2.02. The van der Waals surface area contributed by atoms with Crippen molar-refractivity contribution in [3.8, 4) is 0 Å². The van der Waals surface area contributed by atoms with Gasteiger partial charge in [-0.3, -0.25) is 4.79 Å². The number of thioether (sulfide) groups is 1. The Bertz CT molecular complexity index is 313. The number of hydrogen-bond acceptors (Lipinski definition) is 5. The Hall–Kier alpha value is -1.04. The summed E-state index contributed by atoms with van der Waals surface area (Å²) in [5.41, 5.74) is 0. The molecule has 0 N–H and O–H groups in total. The number of rotatable bonds is 4. The van der Waals surface area contributed by atoms with Crippen LogP contribution in [0.4, 0.5) is 0 Å². The number of hydrogen-bond donors (Lipinski definition) is 0. The van der Waals surface area contributed by atoms with E-state index >= 15 is 0 Å². The molecule has 0 bridgehead atoms. The Kier molecular flexibility index (Phi) is 3.94. The number of nitrogens with zero attached hydrogens (tertiary/aromatic N) is 3. The van der Waals surface area contributed by atoms with Gasteiger partial charge in [0.2, 0.25) is 0 Å². The second-order valence-corrected chi connectivity index (χ2v) is 4.34. The molecule has 1 rings (SSSR count). The third kappa shape index (κ3) is 3.02. The molecule has 1 atom stereocenters. The van der Waals surface area contributed by atoms with Crippen molar-refractivity contribution in [2.24, 2.45) is 7.05 Å². The van der Waals surface area contributed by atoms with Crippen molar-refractivity contribution < 1.29 is 9.53 Å². The lowest BCUT2D eigenvalue weighted by molar-refractivity contribution is -0.140. The van der Waals surface area contributed by atoms with E-state index in [4.69, 9.17) is 0 Å². The van der Waals surface area contributed by atoms with Crippen molar-refractivity contribution in [3.63, 3.8) is 0 Å². The quantitative estimate of drug-likeness (QED) is 0.550. The molecule has 1 unspecified atom stereocenters. The third-order valence-corrected chi connectivity index (χ3v) is 2.81. The Balaban J connectivity index is 2.45. The molecule has 0 fully saturated rings. The molecular formula is C8H13N3O2S. The molecule has 0 saturated heterocycles. The minimum absolute atomic E-state index is 0.144. The minimum Gasteiger partial charge on any atom is -0.469 e. The molecule has 0 saturated carbocycles. The summed E-state index contributed by atoms with van der Waals surface area (Å²) in [5.74, 6) is -0.202. The van der Waals surface area contributed by atoms with Crippen molar-refractivity contribution in [1.29, 1.82) is 0 Å². The van der Waals surface area contributed by atoms with Gasteiger partial charge in [-0.2, -0.15) is 0 Å². The van der Waals surface area contributed by atoms with Crippen LogP contribution in [-0.4, -0.2) is 33.1 Å². The van der Waals surface area contributed by atoms with E-state index < -0.39 is 0 Å². The van der Waals surface area contributed by atoms with E-state index in [1.54, 1.807) is 6.33 Å². The van der Waals surface area contributed by atoms with E-state index in [1.165, 1.54) is 18.9 Å². The van der Waals surface area contributed by atoms with Crippen LogP contribution in [0.25, 0.3) is 0 Å². The predicted molar refractivity (Wildman–Crippen MR) is 53.0 cm³/mol. The summed E-state index contributed by atoms with van der Waals surface area (Å²) in [6, 6.07) is 0. The van der Waals surface area contributed by atoms with Gasteiger partial charge in [0.25, 0.3) is 0 Å². The summed E-state index contributed by atoms with van der Waals surface area (Å²) in [7, 11) is 3.26. The Morgan fingerprint density at radius 2 is 2.50 bits per heavy atom. The van der Waals surface area contributed by atoms with Gasteiger partial charge in [-0.25, -0.2) is 0 Å². The largest absolute Gasteiger partial charge is 0.469 e. The number of ether oxygens (including phenoxy) is 1. The van der Waals surface area contributed by atoms with Gasteiger partial charge in [-0.05, 0) is 0 Å². The van der Waals surface area contributed by atoms with Gasteiger partial charge < -0.3 is 9.30 Å². The molecule has 0 radical (unpaired) electrons. The monoisotopic (exact) mass is 215 g/mol. The van der Waals surface area contributed by atoms with Crippen LogP contribution in [0.1, 0.15) is 13.3 Å². The maximum absolute atomic E-state index is 11.0. The fourth-order valence-electron chi connectivity index (χ4n) is 0.919. The van der Waals surface area contributed by atoms with Crippen LogP contribution in [0.5, 0.6) is 0 Å². The van der Waals surface area contributed by atoms with Crippen molar-refractivity contribution in [2.75, 3.05) is 7.11 Å². The summed E-state index contributed by atoms with van der Waals surface area (Å²) >= 11 is 1.51. The van der Waals surface area contributed by atoms with Gasteiger partial charge in [-0.1, -0.05) is 18.7 Å². The highest BCUT2D eigenvalue weighted by Gasteiger charge is 2.13. The minimum atomic E-state index is -0.202. The number of aryl methyl sites for hydroxylation is 1. The molecule has 1 aromatic heterocycles. The van der Waals surface area contributed by atoms with Gasteiger partial charge in [0.1, 0.15) is 6.33 Å². The van der Waals surface area contributed by atoms with E-state index in [1.807, 2.05) is 18.5 Å². The lowest BCUT2D eigenvalue weighted by Crippen LogP contribution is -2.09. The molecule has 5 nitrogen and oxygen atoms in total. The highest BCUT2D eigenvalue weighted by Crippen LogP contribution is 2.22. The van der Waals surface area contributed by atoms with E-state index in [2.05, 4.69) is 14.9 Å². The fourth-order valence-corrected chi connectivity index (χ4v) is 1.81. The molecule has 0 aliphatic rings. The van der Waals surface area contributed by atoms with Crippen LogP contribution in [0, 0.1) is 0 Å². The first-order valence-electron chi connectivity index (χ1n) is 4.21. The first kappa shape index (κ1) is 11.0. The zero-order chi connectivity index (χ0) is 10.6. The maximum Gasteiger partial charge on any atom is 0.306 e. The number of carbonyl (C=O) groups excluding carboxylic acids is 1. The normalized spacial score (nSPS) is 12.5. The first-order valence-corrected chi connectivity index (χ1v) is 5.09. The second kappa shape index (κ2) is 4.99. The molecule has 0 aromatic carbocycles. The van der Waals surface area contributed by atoms with E-state index in [0.717, 1.165) is 5.16 Å². The molecule has 14 heavy (non-hydrogen) atoms. The molecule has 0 amide bonds. The summed E-state index contributed by atoms with van der Waals surface area (Å²) < 4.78 is 6.39. The lowest BCUT2D eigenvalue weighted by atomic mass is 10.3. The van der Waals surface area contributed by atoms with Crippen molar-refractivity contribution in [3.05, 3.63) is 6.33 Å². The van der Waals surface area contributed by atoms with Crippen molar-refractivity contribution in [1.82, 2.24) is 14.8 Å². The molecule has 0 aliphatic carbocycles. The van der Waals surface area contributed by atoms with Crippen LogP contribution < -0.4 is 0 Å². The standard InChI is InChI=1S/C8H13N3O2S/c1-6(4-7(12)13-3)14-8-10-9-5-11(8)2/h5-6H,4H2,1-3H3. The number of methoxy groups -OCH3 is 1. The van der Waals surface area contributed by atoms with Gasteiger partial charge in [0.05, 0.1) is 13.5 Å². The third-order valence-electron chi connectivity index (χ3n) is 1.66. The Labute approximate surface area is 86.8 Å². The van der Waals surface area contributed by atoms with E-state index in [0.29, 0.717) is 6.42 Å². The number of aromatic nitrogens is 3. The smallest absolute Gasteiger partial charge is 0.306 e. The molecule has 0 spiro atoms. The molecular weight excluding hydrogens is 202 g/mol. The zero-order valence-corrected chi connectivity index (χ0v) is 9.24. The van der Waals surface area contributed by atoms with Gasteiger partial charge in [-0.15, -0.1) is 10.2 Å². The summed E-state index contributed by atoms with van der Waals surface area (Å²) in [6.45, 7) is 1.95. The SMILES string of the molecule is COC(=O)CC(C)Sc1nncn1C.